The molecule has 0 radical (unpaired) electrons. The molecule has 0 saturated carbocycles. The Kier molecular flexibility index (Phi) is 7.59. The lowest BCUT2D eigenvalue weighted by atomic mass is 10.1. The third kappa shape index (κ3) is 6.51. The molecule has 0 bridgehead atoms. The van der Waals surface area contributed by atoms with E-state index in [0.717, 1.165) is 0 Å². The molecule has 0 saturated heterocycles. The highest BCUT2D eigenvalue weighted by Crippen LogP contribution is 2.17. The third-order valence-electron chi connectivity index (χ3n) is 4.52. The first kappa shape index (κ1) is 23.7. The number of carbonyl (C=O) groups is 3. The molecule has 3 amide bonds. The number of nitrogens with two attached hydrogens (primary N) is 1. The Balaban J connectivity index is 1.66. The molecule has 33 heavy (non-hydrogen) atoms. The van der Waals surface area contributed by atoms with Gasteiger partial charge in [0.25, 0.3) is 11.8 Å². The van der Waals surface area contributed by atoms with E-state index in [1.165, 1.54) is 36.6 Å². The van der Waals surface area contributed by atoms with Crippen LogP contribution in [0.15, 0.2) is 76.2 Å². The summed E-state index contributed by atoms with van der Waals surface area (Å²) in [6.07, 6.45) is 1.44. The first-order chi connectivity index (χ1) is 15.8. The van der Waals surface area contributed by atoms with E-state index in [1.807, 2.05) is 0 Å². The molecule has 3 rings (SSSR count). The van der Waals surface area contributed by atoms with Gasteiger partial charge in [-0.25, -0.2) is 13.1 Å². The van der Waals surface area contributed by atoms with Gasteiger partial charge < -0.3 is 20.8 Å². The standard InChI is InChI=1S/C22H22N4O6S/c23-20(27)11-12-24-22(29)18-5-1-2-6-19(18)26-21(28)15-7-9-17(10-8-15)33(30,31)25-14-16-4-3-13-32-16/h1-10,13,25H,11-12,14H2,(H2,23,27)(H,24,29)(H,26,28). The Morgan fingerprint density at radius 2 is 1.64 bits per heavy atom. The van der Waals surface area contributed by atoms with Gasteiger partial charge >= 0.3 is 0 Å². The molecule has 0 spiro atoms. The predicted octanol–water partition coefficient (Wildman–Crippen LogP) is 1.62. The molecule has 0 aliphatic heterocycles. The topological polar surface area (TPSA) is 161 Å². The summed E-state index contributed by atoms with van der Waals surface area (Å²) in [4.78, 5) is 35.8. The van der Waals surface area contributed by atoms with Crippen LogP contribution >= 0.6 is 0 Å². The highest BCUT2D eigenvalue weighted by Gasteiger charge is 2.17. The first-order valence-corrected chi connectivity index (χ1v) is 11.3. The van der Waals surface area contributed by atoms with Crippen molar-refractivity contribution in [1.29, 1.82) is 0 Å². The first-order valence-electron chi connectivity index (χ1n) is 9.85. The second kappa shape index (κ2) is 10.6. The average Bonchev–Trinajstić information content (AvgIpc) is 3.32. The van der Waals surface area contributed by atoms with Crippen molar-refractivity contribution in [3.05, 3.63) is 83.8 Å². The summed E-state index contributed by atoms with van der Waals surface area (Å²) in [5, 5.41) is 5.20. The molecule has 1 heterocycles. The van der Waals surface area contributed by atoms with Gasteiger partial charge in [-0.05, 0) is 48.5 Å². The van der Waals surface area contributed by atoms with Crippen LogP contribution < -0.4 is 21.1 Å². The largest absolute Gasteiger partial charge is 0.468 e. The summed E-state index contributed by atoms with van der Waals surface area (Å²) in [7, 11) is -3.80. The molecule has 0 aliphatic rings. The van der Waals surface area contributed by atoms with E-state index in [1.54, 1.807) is 30.3 Å². The van der Waals surface area contributed by atoms with E-state index in [4.69, 9.17) is 10.2 Å². The van der Waals surface area contributed by atoms with E-state index in [0.29, 0.717) is 5.76 Å². The molecular formula is C22H22N4O6S. The molecule has 0 atom stereocenters. The maximum atomic E-state index is 12.7. The van der Waals surface area contributed by atoms with Crippen LogP contribution in [0.4, 0.5) is 5.69 Å². The highest BCUT2D eigenvalue weighted by molar-refractivity contribution is 7.89. The second-order valence-electron chi connectivity index (χ2n) is 6.90. The number of rotatable bonds is 10. The number of furan rings is 1. The van der Waals surface area contributed by atoms with Gasteiger partial charge in [-0.1, -0.05) is 12.1 Å². The minimum atomic E-state index is -3.80. The Morgan fingerprint density at radius 3 is 2.30 bits per heavy atom. The number of sulfonamides is 1. The van der Waals surface area contributed by atoms with Crippen LogP contribution in [0.5, 0.6) is 0 Å². The van der Waals surface area contributed by atoms with Gasteiger partial charge in [0, 0.05) is 18.5 Å². The van der Waals surface area contributed by atoms with Gasteiger partial charge in [-0.3, -0.25) is 14.4 Å². The number of benzene rings is 2. The van der Waals surface area contributed by atoms with Crippen molar-refractivity contribution in [1.82, 2.24) is 10.0 Å². The Bertz CT molecular complexity index is 1240. The van der Waals surface area contributed by atoms with Crippen LogP contribution in [0.25, 0.3) is 0 Å². The van der Waals surface area contributed by atoms with E-state index in [-0.39, 0.29) is 41.2 Å². The Hall–Kier alpha value is -3.96. The highest BCUT2D eigenvalue weighted by atomic mass is 32.2. The molecular weight excluding hydrogens is 448 g/mol. The van der Waals surface area contributed by atoms with Crippen LogP contribution in [0, 0.1) is 0 Å². The van der Waals surface area contributed by atoms with Crippen molar-refractivity contribution < 1.29 is 27.2 Å². The molecule has 1 aromatic heterocycles. The maximum absolute atomic E-state index is 12.7. The summed E-state index contributed by atoms with van der Waals surface area (Å²) >= 11 is 0. The van der Waals surface area contributed by atoms with Gasteiger partial charge in [0.1, 0.15) is 5.76 Å². The number of amides is 3. The zero-order chi connectivity index (χ0) is 23.8. The van der Waals surface area contributed by atoms with Crippen LogP contribution in [0.2, 0.25) is 0 Å². The van der Waals surface area contributed by atoms with E-state index >= 15 is 0 Å². The summed E-state index contributed by atoms with van der Waals surface area (Å²) in [6, 6.07) is 15.0. The number of hydrogen-bond acceptors (Lipinski definition) is 6. The van der Waals surface area contributed by atoms with Crippen LogP contribution in [0.3, 0.4) is 0 Å². The number of primary amides is 1. The van der Waals surface area contributed by atoms with Crippen LogP contribution in [-0.2, 0) is 21.4 Å². The Morgan fingerprint density at radius 1 is 0.909 bits per heavy atom. The van der Waals surface area contributed by atoms with Gasteiger partial charge in [0.05, 0.1) is 29.0 Å². The fraction of sp³-hybridized carbons (Fsp3) is 0.136. The van der Waals surface area contributed by atoms with Crippen molar-refractivity contribution in [3.63, 3.8) is 0 Å². The lowest BCUT2D eigenvalue weighted by Crippen LogP contribution is -2.28. The fourth-order valence-electron chi connectivity index (χ4n) is 2.83. The van der Waals surface area contributed by atoms with Crippen molar-refractivity contribution in [2.24, 2.45) is 5.73 Å². The van der Waals surface area contributed by atoms with Gasteiger partial charge in [-0.15, -0.1) is 0 Å². The zero-order valence-corrected chi connectivity index (χ0v) is 18.2. The lowest BCUT2D eigenvalue weighted by Gasteiger charge is -2.12. The van der Waals surface area contributed by atoms with Crippen LogP contribution in [0.1, 0.15) is 32.9 Å². The molecule has 5 N–H and O–H groups in total. The second-order valence-corrected chi connectivity index (χ2v) is 8.67. The minimum Gasteiger partial charge on any atom is -0.468 e. The molecule has 0 unspecified atom stereocenters. The summed E-state index contributed by atoms with van der Waals surface area (Å²) in [5.41, 5.74) is 5.72. The van der Waals surface area contributed by atoms with Crippen molar-refractivity contribution in [2.75, 3.05) is 11.9 Å². The molecule has 10 nitrogen and oxygen atoms in total. The number of para-hydroxylation sites is 1. The number of carbonyl (C=O) groups excluding carboxylic acids is 3. The van der Waals surface area contributed by atoms with E-state index in [9.17, 15) is 22.8 Å². The van der Waals surface area contributed by atoms with Crippen molar-refractivity contribution >= 4 is 33.4 Å². The minimum absolute atomic E-state index is 0.00411. The number of anilines is 1. The third-order valence-corrected chi connectivity index (χ3v) is 5.94. The predicted molar refractivity (Wildman–Crippen MR) is 120 cm³/mol. The maximum Gasteiger partial charge on any atom is 0.255 e. The Labute approximate surface area is 190 Å². The SMILES string of the molecule is NC(=O)CCNC(=O)c1ccccc1NC(=O)c1ccc(S(=O)(=O)NCc2ccco2)cc1. The lowest BCUT2D eigenvalue weighted by molar-refractivity contribution is -0.117. The molecule has 2 aromatic carbocycles. The summed E-state index contributed by atoms with van der Waals surface area (Å²) in [5.74, 6) is -1.08. The van der Waals surface area contributed by atoms with Gasteiger partial charge in [-0.2, -0.15) is 0 Å². The summed E-state index contributed by atoms with van der Waals surface area (Å²) in [6.45, 7) is 0.0657. The van der Waals surface area contributed by atoms with E-state index in [2.05, 4.69) is 15.4 Å². The number of nitrogens with one attached hydrogen (secondary N) is 3. The van der Waals surface area contributed by atoms with Crippen molar-refractivity contribution in [3.8, 4) is 0 Å². The molecule has 11 heteroatoms. The quantitative estimate of drug-likeness (QED) is 0.352. The molecule has 0 fully saturated rings. The van der Waals surface area contributed by atoms with Gasteiger partial charge in [0.2, 0.25) is 15.9 Å². The van der Waals surface area contributed by atoms with Crippen LogP contribution in [-0.4, -0.2) is 32.7 Å². The normalized spacial score (nSPS) is 11.0. The average molecular weight is 471 g/mol. The molecule has 172 valence electrons. The molecule has 3 aromatic rings. The fourth-order valence-corrected chi connectivity index (χ4v) is 3.82. The van der Waals surface area contributed by atoms with Gasteiger partial charge in [0.15, 0.2) is 0 Å². The zero-order valence-electron chi connectivity index (χ0n) is 17.4. The summed E-state index contributed by atoms with van der Waals surface area (Å²) < 4.78 is 32.4. The van der Waals surface area contributed by atoms with Crippen molar-refractivity contribution in [2.45, 2.75) is 17.9 Å². The van der Waals surface area contributed by atoms with E-state index < -0.39 is 27.7 Å². The monoisotopic (exact) mass is 470 g/mol. The smallest absolute Gasteiger partial charge is 0.255 e. The number of hydrogen-bond donors (Lipinski definition) is 4. The molecule has 0 aliphatic carbocycles.